The van der Waals surface area contributed by atoms with Gasteiger partial charge in [-0.2, -0.15) is 0 Å². The molecule has 1 amide bonds. The van der Waals surface area contributed by atoms with E-state index in [0.717, 1.165) is 25.4 Å². The highest BCUT2D eigenvalue weighted by Crippen LogP contribution is 1.98. The molecule has 2 rings (SSSR count). The molecule has 1 aliphatic rings. The van der Waals surface area contributed by atoms with Gasteiger partial charge >= 0.3 is 0 Å². The van der Waals surface area contributed by atoms with Crippen LogP contribution in [0.1, 0.15) is 12.2 Å². The van der Waals surface area contributed by atoms with Gasteiger partial charge in [-0.15, -0.1) is 0 Å². The first kappa shape index (κ1) is 13.0. The Balaban J connectivity index is 1.64. The second-order valence-corrected chi connectivity index (χ2v) is 4.48. The number of carbonyl (C=O) groups excluding carboxylic acids is 1. The minimum atomic E-state index is 0.0622. The molecule has 2 heterocycles. The minimum Gasteiger partial charge on any atom is -0.378 e. The Morgan fingerprint density at radius 1 is 1.72 bits per heavy atom. The van der Waals surface area contributed by atoms with E-state index in [1.54, 1.807) is 6.20 Å². The predicted molar refractivity (Wildman–Crippen MR) is 67.1 cm³/mol. The van der Waals surface area contributed by atoms with Crippen LogP contribution in [0.25, 0.3) is 0 Å². The van der Waals surface area contributed by atoms with Crippen LogP contribution >= 0.6 is 0 Å². The molecule has 1 aromatic rings. The van der Waals surface area contributed by atoms with Crippen molar-refractivity contribution in [1.29, 1.82) is 0 Å². The molecule has 6 nitrogen and oxygen atoms in total. The fourth-order valence-corrected chi connectivity index (χ4v) is 2.00. The van der Waals surface area contributed by atoms with Crippen LogP contribution in [0.3, 0.4) is 0 Å². The Kier molecular flexibility index (Phi) is 4.72. The second-order valence-electron chi connectivity index (χ2n) is 4.48. The van der Waals surface area contributed by atoms with Gasteiger partial charge in [-0.05, 0) is 0 Å². The molecule has 18 heavy (non-hydrogen) atoms. The third-order valence-electron chi connectivity index (χ3n) is 3.02. The lowest BCUT2D eigenvalue weighted by atomic mass is 10.2. The summed E-state index contributed by atoms with van der Waals surface area (Å²) in [5.41, 5.74) is 0. The van der Waals surface area contributed by atoms with Crippen LogP contribution in [-0.2, 0) is 23.0 Å². The molecule has 0 bridgehead atoms. The topological polar surface area (TPSA) is 68.2 Å². The number of imidazole rings is 1. The van der Waals surface area contributed by atoms with E-state index in [9.17, 15) is 4.79 Å². The van der Waals surface area contributed by atoms with Crippen LogP contribution in [0.2, 0.25) is 0 Å². The molecular weight excluding hydrogens is 232 g/mol. The van der Waals surface area contributed by atoms with E-state index in [0.29, 0.717) is 19.6 Å². The Morgan fingerprint density at radius 2 is 2.61 bits per heavy atom. The number of morpholine rings is 1. The normalized spacial score (nSPS) is 19.7. The zero-order valence-electron chi connectivity index (χ0n) is 10.7. The molecule has 0 saturated carbocycles. The first-order chi connectivity index (χ1) is 8.75. The van der Waals surface area contributed by atoms with Crippen molar-refractivity contribution in [2.45, 2.75) is 18.9 Å². The second kappa shape index (κ2) is 6.51. The molecule has 1 saturated heterocycles. The Morgan fingerprint density at radius 3 is 3.28 bits per heavy atom. The van der Waals surface area contributed by atoms with Crippen molar-refractivity contribution in [2.75, 3.05) is 26.3 Å². The number of hydrogen-bond acceptors (Lipinski definition) is 4. The van der Waals surface area contributed by atoms with Crippen molar-refractivity contribution in [1.82, 2.24) is 20.2 Å². The fourth-order valence-electron chi connectivity index (χ4n) is 2.00. The highest BCUT2D eigenvalue weighted by molar-refractivity contribution is 5.76. The van der Waals surface area contributed by atoms with Gasteiger partial charge in [0.25, 0.3) is 0 Å². The van der Waals surface area contributed by atoms with E-state index in [4.69, 9.17) is 4.74 Å². The number of nitrogens with one attached hydrogen (secondary N) is 2. The largest absolute Gasteiger partial charge is 0.378 e. The molecule has 1 aromatic heterocycles. The molecular formula is C12H20N4O2. The van der Waals surface area contributed by atoms with Crippen LogP contribution in [0.4, 0.5) is 0 Å². The average Bonchev–Trinajstić information content (AvgIpc) is 2.76. The third-order valence-corrected chi connectivity index (χ3v) is 3.02. The lowest BCUT2D eigenvalue weighted by Gasteiger charge is -2.23. The van der Waals surface area contributed by atoms with Crippen LogP contribution in [0.5, 0.6) is 0 Å². The average molecular weight is 252 g/mol. The lowest BCUT2D eigenvalue weighted by Crippen LogP contribution is -2.44. The number of aromatic nitrogens is 2. The van der Waals surface area contributed by atoms with Crippen molar-refractivity contribution in [3.05, 3.63) is 18.2 Å². The molecule has 0 aromatic carbocycles. The summed E-state index contributed by atoms with van der Waals surface area (Å²) < 4.78 is 7.27. The SMILES string of the molecule is Cn1ccnc1CCNC(=O)CC1COCCN1. The number of ether oxygens (including phenoxy) is 1. The quantitative estimate of drug-likeness (QED) is 0.738. The van der Waals surface area contributed by atoms with E-state index >= 15 is 0 Å². The van der Waals surface area contributed by atoms with Gasteiger partial charge in [-0.25, -0.2) is 4.98 Å². The Hall–Kier alpha value is -1.40. The smallest absolute Gasteiger partial charge is 0.221 e. The van der Waals surface area contributed by atoms with E-state index in [-0.39, 0.29) is 11.9 Å². The number of aryl methyl sites for hydroxylation is 1. The summed E-state index contributed by atoms with van der Waals surface area (Å²) in [6.45, 7) is 2.80. The Bertz CT molecular complexity index is 385. The summed E-state index contributed by atoms with van der Waals surface area (Å²) in [5.74, 6) is 1.04. The van der Waals surface area contributed by atoms with Gasteiger partial charge < -0.3 is 19.9 Å². The molecule has 100 valence electrons. The molecule has 1 atom stereocenters. The molecule has 0 radical (unpaired) electrons. The first-order valence-corrected chi connectivity index (χ1v) is 6.30. The summed E-state index contributed by atoms with van der Waals surface area (Å²) in [6, 6.07) is 0.145. The summed E-state index contributed by atoms with van der Waals surface area (Å²) in [4.78, 5) is 15.9. The number of hydrogen-bond donors (Lipinski definition) is 2. The molecule has 0 spiro atoms. The maximum atomic E-state index is 11.7. The van der Waals surface area contributed by atoms with Gasteiger partial charge in [0.05, 0.1) is 13.2 Å². The van der Waals surface area contributed by atoms with E-state index in [1.807, 2.05) is 17.8 Å². The zero-order chi connectivity index (χ0) is 12.8. The standard InChI is InChI=1S/C12H20N4O2/c1-16-6-4-14-11(16)2-3-15-12(17)8-10-9-18-7-5-13-10/h4,6,10,13H,2-3,5,7-9H2,1H3,(H,15,17). The van der Waals surface area contributed by atoms with Crippen molar-refractivity contribution >= 4 is 5.91 Å². The van der Waals surface area contributed by atoms with Crippen LogP contribution in [0.15, 0.2) is 12.4 Å². The molecule has 1 fully saturated rings. The lowest BCUT2D eigenvalue weighted by molar-refractivity contribution is -0.122. The number of amides is 1. The summed E-state index contributed by atoms with van der Waals surface area (Å²) in [6.07, 6.45) is 4.89. The highest BCUT2D eigenvalue weighted by Gasteiger charge is 2.16. The monoisotopic (exact) mass is 252 g/mol. The summed E-state index contributed by atoms with van der Waals surface area (Å²) >= 11 is 0. The zero-order valence-corrected chi connectivity index (χ0v) is 10.7. The number of carbonyl (C=O) groups is 1. The van der Waals surface area contributed by atoms with Gasteiger partial charge in [0, 0.05) is 51.4 Å². The van der Waals surface area contributed by atoms with Crippen LogP contribution < -0.4 is 10.6 Å². The van der Waals surface area contributed by atoms with Gasteiger partial charge in [0.1, 0.15) is 5.82 Å². The van der Waals surface area contributed by atoms with Crippen molar-refractivity contribution in [3.63, 3.8) is 0 Å². The van der Waals surface area contributed by atoms with E-state index in [2.05, 4.69) is 15.6 Å². The van der Waals surface area contributed by atoms with Crippen molar-refractivity contribution < 1.29 is 9.53 Å². The maximum absolute atomic E-state index is 11.7. The van der Waals surface area contributed by atoms with E-state index < -0.39 is 0 Å². The molecule has 2 N–H and O–H groups in total. The maximum Gasteiger partial charge on any atom is 0.221 e. The summed E-state index contributed by atoms with van der Waals surface area (Å²) in [5, 5.41) is 6.17. The fraction of sp³-hybridized carbons (Fsp3) is 0.667. The van der Waals surface area contributed by atoms with Crippen LogP contribution in [0, 0.1) is 0 Å². The molecule has 6 heteroatoms. The Labute approximate surface area is 107 Å². The van der Waals surface area contributed by atoms with Gasteiger partial charge in [0.2, 0.25) is 5.91 Å². The minimum absolute atomic E-state index is 0.0622. The number of rotatable bonds is 5. The van der Waals surface area contributed by atoms with Crippen molar-refractivity contribution in [3.8, 4) is 0 Å². The van der Waals surface area contributed by atoms with E-state index in [1.165, 1.54) is 0 Å². The molecule has 1 aliphatic heterocycles. The highest BCUT2D eigenvalue weighted by atomic mass is 16.5. The molecule has 0 aliphatic carbocycles. The molecule has 1 unspecified atom stereocenters. The van der Waals surface area contributed by atoms with Gasteiger partial charge in [-0.1, -0.05) is 0 Å². The predicted octanol–water partition coefficient (Wildman–Crippen LogP) is -0.543. The van der Waals surface area contributed by atoms with Gasteiger partial charge in [-0.3, -0.25) is 4.79 Å². The van der Waals surface area contributed by atoms with Crippen molar-refractivity contribution in [2.24, 2.45) is 7.05 Å². The van der Waals surface area contributed by atoms with Gasteiger partial charge in [0.15, 0.2) is 0 Å². The number of nitrogens with zero attached hydrogens (tertiary/aromatic N) is 2. The summed E-state index contributed by atoms with van der Waals surface area (Å²) in [7, 11) is 1.95. The third kappa shape index (κ3) is 3.82. The first-order valence-electron chi connectivity index (χ1n) is 6.30. The van der Waals surface area contributed by atoms with Crippen LogP contribution in [-0.4, -0.2) is 47.8 Å².